The molecule has 0 aliphatic rings. The van der Waals surface area contributed by atoms with Crippen molar-refractivity contribution in [2.75, 3.05) is 5.43 Å². The Labute approximate surface area is 98.1 Å². The molecule has 1 N–H and O–H groups in total. The van der Waals surface area contributed by atoms with Crippen LogP contribution >= 0.6 is 0 Å². The molecule has 2 heteroatoms. The molecule has 0 fully saturated rings. The summed E-state index contributed by atoms with van der Waals surface area (Å²) in [5, 5.41) is 4.22. The lowest BCUT2D eigenvalue weighted by molar-refractivity contribution is 0.946. The van der Waals surface area contributed by atoms with Crippen molar-refractivity contribution >= 4 is 11.9 Å². The number of nitrogens with zero attached hydrogens (tertiary/aromatic N) is 1. The second-order valence-corrected chi connectivity index (χ2v) is 3.66. The SMILES string of the molecule is CCC/C=C(/C=N/Nc1ccccc1)CC. The summed E-state index contributed by atoms with van der Waals surface area (Å²) in [4.78, 5) is 0. The van der Waals surface area contributed by atoms with Crippen LogP contribution in [0.3, 0.4) is 0 Å². The average molecular weight is 216 g/mol. The van der Waals surface area contributed by atoms with Crippen molar-refractivity contribution in [2.24, 2.45) is 5.10 Å². The van der Waals surface area contributed by atoms with Gasteiger partial charge in [0, 0.05) is 0 Å². The highest BCUT2D eigenvalue weighted by atomic mass is 15.3. The van der Waals surface area contributed by atoms with E-state index in [-0.39, 0.29) is 0 Å². The van der Waals surface area contributed by atoms with Gasteiger partial charge < -0.3 is 0 Å². The molecule has 2 nitrogen and oxygen atoms in total. The molecule has 0 unspecified atom stereocenters. The van der Waals surface area contributed by atoms with Gasteiger partial charge in [0.2, 0.25) is 0 Å². The minimum absolute atomic E-state index is 1.02. The third-order valence-electron chi connectivity index (χ3n) is 2.30. The van der Waals surface area contributed by atoms with Gasteiger partial charge in [-0.15, -0.1) is 0 Å². The van der Waals surface area contributed by atoms with Crippen molar-refractivity contribution < 1.29 is 0 Å². The topological polar surface area (TPSA) is 24.4 Å². The van der Waals surface area contributed by atoms with Crippen LogP contribution in [-0.2, 0) is 0 Å². The molecule has 0 saturated carbocycles. The monoisotopic (exact) mass is 216 g/mol. The summed E-state index contributed by atoms with van der Waals surface area (Å²) in [6, 6.07) is 9.97. The van der Waals surface area contributed by atoms with Gasteiger partial charge in [-0.05, 0) is 30.5 Å². The number of para-hydroxylation sites is 1. The summed E-state index contributed by atoms with van der Waals surface area (Å²) in [5.74, 6) is 0. The summed E-state index contributed by atoms with van der Waals surface area (Å²) >= 11 is 0. The van der Waals surface area contributed by atoms with E-state index in [0.717, 1.165) is 18.5 Å². The first-order chi connectivity index (χ1) is 7.86. The predicted octanol–water partition coefficient (Wildman–Crippen LogP) is 4.22. The Hall–Kier alpha value is -1.57. The second kappa shape index (κ2) is 7.69. The lowest BCUT2D eigenvalue weighted by Gasteiger charge is -1.99. The molecule has 0 aromatic heterocycles. The summed E-state index contributed by atoms with van der Waals surface area (Å²) < 4.78 is 0. The zero-order valence-corrected chi connectivity index (χ0v) is 10.1. The highest BCUT2D eigenvalue weighted by molar-refractivity contribution is 5.78. The Morgan fingerprint density at radius 2 is 2.00 bits per heavy atom. The lowest BCUT2D eigenvalue weighted by atomic mass is 10.2. The molecular weight excluding hydrogens is 196 g/mol. The van der Waals surface area contributed by atoms with Crippen molar-refractivity contribution in [2.45, 2.75) is 33.1 Å². The van der Waals surface area contributed by atoms with E-state index in [1.807, 2.05) is 36.5 Å². The van der Waals surface area contributed by atoms with Crippen molar-refractivity contribution in [3.63, 3.8) is 0 Å². The van der Waals surface area contributed by atoms with Crippen molar-refractivity contribution in [3.05, 3.63) is 42.0 Å². The minimum atomic E-state index is 1.02. The van der Waals surface area contributed by atoms with Gasteiger partial charge in [0.25, 0.3) is 0 Å². The molecule has 0 heterocycles. The number of hydrazone groups is 1. The summed E-state index contributed by atoms with van der Waals surface area (Å²) in [6.45, 7) is 4.33. The maximum atomic E-state index is 4.22. The Kier molecular flexibility index (Phi) is 6.00. The van der Waals surface area contributed by atoms with E-state index in [1.54, 1.807) is 0 Å². The van der Waals surface area contributed by atoms with Crippen LogP contribution in [0.1, 0.15) is 33.1 Å². The smallest absolute Gasteiger partial charge is 0.0561 e. The lowest BCUT2D eigenvalue weighted by Crippen LogP contribution is -1.91. The Morgan fingerprint density at radius 1 is 1.25 bits per heavy atom. The predicted molar refractivity (Wildman–Crippen MR) is 71.8 cm³/mol. The molecule has 86 valence electrons. The molecule has 0 saturated heterocycles. The number of unbranched alkanes of at least 4 members (excludes halogenated alkanes) is 1. The van der Waals surface area contributed by atoms with Crippen LogP contribution in [0.4, 0.5) is 5.69 Å². The fraction of sp³-hybridized carbons (Fsp3) is 0.357. The van der Waals surface area contributed by atoms with Crippen molar-refractivity contribution in [1.82, 2.24) is 0 Å². The molecular formula is C14H20N2. The fourth-order valence-electron chi connectivity index (χ4n) is 1.32. The van der Waals surface area contributed by atoms with Gasteiger partial charge in [0.1, 0.15) is 0 Å². The number of rotatable bonds is 6. The van der Waals surface area contributed by atoms with Gasteiger partial charge in [-0.3, -0.25) is 5.43 Å². The summed E-state index contributed by atoms with van der Waals surface area (Å²) in [5.41, 5.74) is 5.32. The molecule has 1 rings (SSSR count). The maximum absolute atomic E-state index is 4.22. The van der Waals surface area contributed by atoms with Gasteiger partial charge in [0.15, 0.2) is 0 Å². The molecule has 0 radical (unpaired) electrons. The first-order valence-electron chi connectivity index (χ1n) is 5.90. The molecule has 16 heavy (non-hydrogen) atoms. The number of anilines is 1. The molecule has 1 aromatic rings. The molecule has 0 amide bonds. The molecule has 1 aromatic carbocycles. The third-order valence-corrected chi connectivity index (χ3v) is 2.30. The largest absolute Gasteiger partial charge is 0.279 e. The van der Waals surface area contributed by atoms with E-state index in [2.05, 4.69) is 30.5 Å². The van der Waals surface area contributed by atoms with E-state index in [0.29, 0.717) is 0 Å². The second-order valence-electron chi connectivity index (χ2n) is 3.66. The molecule has 0 bridgehead atoms. The number of allylic oxidation sites excluding steroid dienone is 2. The van der Waals surface area contributed by atoms with Crippen molar-refractivity contribution in [3.8, 4) is 0 Å². The highest BCUT2D eigenvalue weighted by Gasteiger charge is 1.89. The standard InChI is InChI=1S/C14H20N2/c1-3-5-9-13(4-2)12-15-16-14-10-7-6-8-11-14/h6-12,16H,3-5H2,1-2H3/b13-9+,15-12+. The van der Waals surface area contributed by atoms with Crippen LogP contribution in [0.5, 0.6) is 0 Å². The molecule has 0 atom stereocenters. The van der Waals surface area contributed by atoms with E-state index in [9.17, 15) is 0 Å². The molecule has 0 spiro atoms. The quantitative estimate of drug-likeness (QED) is 0.558. The minimum Gasteiger partial charge on any atom is -0.279 e. The average Bonchev–Trinajstić information content (AvgIpc) is 2.35. The Bertz CT molecular complexity index is 339. The molecule has 0 aliphatic heterocycles. The van der Waals surface area contributed by atoms with E-state index in [1.165, 1.54) is 12.0 Å². The number of benzene rings is 1. The van der Waals surface area contributed by atoms with E-state index in [4.69, 9.17) is 0 Å². The van der Waals surface area contributed by atoms with Crippen molar-refractivity contribution in [1.29, 1.82) is 0 Å². The van der Waals surface area contributed by atoms with Crippen LogP contribution < -0.4 is 5.43 Å². The van der Waals surface area contributed by atoms with Crippen LogP contribution in [0.15, 0.2) is 47.1 Å². The van der Waals surface area contributed by atoms with E-state index >= 15 is 0 Å². The summed E-state index contributed by atoms with van der Waals surface area (Å²) in [7, 11) is 0. The fourth-order valence-corrected chi connectivity index (χ4v) is 1.32. The van der Waals surface area contributed by atoms with Crippen LogP contribution in [0.25, 0.3) is 0 Å². The third kappa shape index (κ3) is 4.78. The van der Waals surface area contributed by atoms with Crippen LogP contribution in [0.2, 0.25) is 0 Å². The van der Waals surface area contributed by atoms with E-state index < -0.39 is 0 Å². The van der Waals surface area contributed by atoms with Gasteiger partial charge in [-0.1, -0.05) is 44.5 Å². The Morgan fingerprint density at radius 3 is 2.62 bits per heavy atom. The first kappa shape index (κ1) is 12.5. The maximum Gasteiger partial charge on any atom is 0.0561 e. The van der Waals surface area contributed by atoms with Gasteiger partial charge in [-0.25, -0.2) is 0 Å². The van der Waals surface area contributed by atoms with Gasteiger partial charge in [-0.2, -0.15) is 5.10 Å². The van der Waals surface area contributed by atoms with Gasteiger partial charge >= 0.3 is 0 Å². The zero-order chi connectivity index (χ0) is 11.6. The zero-order valence-electron chi connectivity index (χ0n) is 10.1. The van der Waals surface area contributed by atoms with Crippen LogP contribution in [-0.4, -0.2) is 6.21 Å². The normalized spacial score (nSPS) is 12.0. The number of nitrogens with one attached hydrogen (secondary N) is 1. The number of hydrogen-bond donors (Lipinski definition) is 1. The Balaban J connectivity index is 2.47. The first-order valence-corrected chi connectivity index (χ1v) is 5.90. The summed E-state index contributed by atoms with van der Waals surface area (Å²) in [6.07, 6.45) is 7.49. The van der Waals surface area contributed by atoms with Gasteiger partial charge in [0.05, 0.1) is 11.9 Å². The number of hydrogen-bond acceptors (Lipinski definition) is 2. The highest BCUT2D eigenvalue weighted by Crippen LogP contribution is 2.05. The van der Waals surface area contributed by atoms with Crippen LogP contribution in [0, 0.1) is 0 Å². The molecule has 0 aliphatic carbocycles.